The molecule has 1 fully saturated rings. The van der Waals surface area contributed by atoms with E-state index in [1.165, 1.54) is 13.2 Å². The van der Waals surface area contributed by atoms with Crippen molar-refractivity contribution in [3.63, 3.8) is 0 Å². The minimum Gasteiger partial charge on any atom is -0.493 e. The minimum absolute atomic E-state index is 0.235. The highest BCUT2D eigenvalue weighted by Crippen LogP contribution is 2.35. The molecule has 188 valence electrons. The smallest absolute Gasteiger partial charge is 0.335 e. The topological polar surface area (TPSA) is 114 Å². The molecule has 3 aromatic carbocycles. The molecule has 2 N–H and O–H groups in total. The van der Waals surface area contributed by atoms with Crippen LogP contribution in [0.1, 0.15) is 11.1 Å². The standard InChI is InChI=1S/C27H22BrN3O6/c1-16-8-6-7-11-21(16)31-26(34)19(25(33)30-27(31)35)12-17-13-22(36-2)23(14-20(17)28)37-15-24(32)29-18-9-4-3-5-10-18/h3-14H,15H2,1-2H3,(H,29,32)(H,30,33,35)/b19-12+. The first-order valence-corrected chi connectivity index (χ1v) is 11.9. The van der Waals surface area contributed by atoms with Crippen LogP contribution in [-0.4, -0.2) is 37.5 Å². The number of para-hydroxylation sites is 2. The number of imide groups is 2. The van der Waals surface area contributed by atoms with Crippen LogP contribution in [0, 0.1) is 6.92 Å². The van der Waals surface area contributed by atoms with E-state index in [9.17, 15) is 19.2 Å². The summed E-state index contributed by atoms with van der Waals surface area (Å²) in [6.45, 7) is 1.49. The van der Waals surface area contributed by atoms with Gasteiger partial charge in [-0.2, -0.15) is 0 Å². The Balaban J connectivity index is 1.58. The molecule has 0 radical (unpaired) electrons. The van der Waals surface area contributed by atoms with Gasteiger partial charge in [0, 0.05) is 10.2 Å². The quantitative estimate of drug-likeness (QED) is 0.324. The van der Waals surface area contributed by atoms with E-state index >= 15 is 0 Å². The molecule has 1 saturated heterocycles. The number of urea groups is 1. The van der Waals surface area contributed by atoms with Crippen LogP contribution in [0.25, 0.3) is 6.08 Å². The predicted octanol–water partition coefficient (Wildman–Crippen LogP) is 4.45. The fraction of sp³-hybridized carbons (Fsp3) is 0.111. The van der Waals surface area contributed by atoms with E-state index in [1.807, 2.05) is 6.07 Å². The Labute approximate surface area is 221 Å². The van der Waals surface area contributed by atoms with Crippen molar-refractivity contribution in [3.8, 4) is 11.5 Å². The molecule has 5 amide bonds. The van der Waals surface area contributed by atoms with Gasteiger partial charge in [-0.05, 0) is 54.5 Å². The average Bonchev–Trinajstić information content (AvgIpc) is 2.87. The number of benzene rings is 3. The third-order valence-corrected chi connectivity index (χ3v) is 6.14. The zero-order valence-corrected chi connectivity index (χ0v) is 21.5. The number of aryl methyl sites for hydroxylation is 1. The second-order valence-electron chi connectivity index (χ2n) is 7.97. The normalized spacial score (nSPS) is 14.4. The van der Waals surface area contributed by atoms with Gasteiger partial charge in [0.1, 0.15) is 5.57 Å². The summed E-state index contributed by atoms with van der Waals surface area (Å²) < 4.78 is 11.5. The van der Waals surface area contributed by atoms with Gasteiger partial charge in [0.15, 0.2) is 18.1 Å². The summed E-state index contributed by atoms with van der Waals surface area (Å²) in [4.78, 5) is 51.5. The van der Waals surface area contributed by atoms with E-state index in [2.05, 4.69) is 26.6 Å². The fourth-order valence-electron chi connectivity index (χ4n) is 3.64. The van der Waals surface area contributed by atoms with Gasteiger partial charge < -0.3 is 14.8 Å². The Bertz CT molecular complexity index is 1420. The van der Waals surface area contributed by atoms with E-state index in [1.54, 1.807) is 67.6 Å². The number of methoxy groups -OCH3 is 1. The number of hydrogen-bond acceptors (Lipinski definition) is 6. The maximum absolute atomic E-state index is 13.2. The number of carbonyl (C=O) groups is 4. The molecule has 9 nitrogen and oxygen atoms in total. The Kier molecular flexibility index (Phi) is 7.69. The SMILES string of the molecule is COc1cc(/C=C2\C(=O)NC(=O)N(c3ccccc3C)C2=O)c(Br)cc1OCC(=O)Nc1ccccc1. The number of ether oxygens (including phenoxy) is 2. The Hall–Kier alpha value is -4.44. The lowest BCUT2D eigenvalue weighted by Gasteiger charge is -2.27. The summed E-state index contributed by atoms with van der Waals surface area (Å²) in [6, 6.07) is 18.1. The molecule has 1 aliphatic heterocycles. The van der Waals surface area contributed by atoms with Crippen molar-refractivity contribution in [2.75, 3.05) is 23.9 Å². The molecule has 37 heavy (non-hydrogen) atoms. The fourth-order valence-corrected chi connectivity index (χ4v) is 4.08. The third kappa shape index (κ3) is 5.70. The maximum atomic E-state index is 13.2. The van der Waals surface area contributed by atoms with Crippen LogP contribution in [0.15, 0.2) is 76.8 Å². The van der Waals surface area contributed by atoms with Crippen LogP contribution < -0.4 is 25.0 Å². The molecule has 1 heterocycles. The first kappa shape index (κ1) is 25.6. The first-order valence-electron chi connectivity index (χ1n) is 11.1. The van der Waals surface area contributed by atoms with Crippen molar-refractivity contribution in [2.45, 2.75) is 6.92 Å². The Morgan fingerprint density at radius 3 is 2.43 bits per heavy atom. The molecular formula is C27H22BrN3O6. The van der Waals surface area contributed by atoms with Crippen molar-refractivity contribution in [3.05, 3.63) is 87.9 Å². The monoisotopic (exact) mass is 563 g/mol. The Morgan fingerprint density at radius 1 is 1.03 bits per heavy atom. The average molecular weight is 564 g/mol. The van der Waals surface area contributed by atoms with Crippen molar-refractivity contribution in [1.82, 2.24) is 5.32 Å². The van der Waals surface area contributed by atoms with Crippen LogP contribution >= 0.6 is 15.9 Å². The van der Waals surface area contributed by atoms with Gasteiger partial charge in [-0.3, -0.25) is 19.7 Å². The highest BCUT2D eigenvalue weighted by molar-refractivity contribution is 9.10. The molecule has 3 aromatic rings. The van der Waals surface area contributed by atoms with Crippen LogP contribution in [-0.2, 0) is 14.4 Å². The van der Waals surface area contributed by atoms with Gasteiger partial charge in [-0.15, -0.1) is 0 Å². The maximum Gasteiger partial charge on any atom is 0.335 e. The lowest BCUT2D eigenvalue weighted by molar-refractivity contribution is -0.122. The van der Waals surface area contributed by atoms with E-state index in [-0.39, 0.29) is 29.6 Å². The molecule has 4 rings (SSSR count). The number of hydrogen-bond donors (Lipinski definition) is 2. The second kappa shape index (κ2) is 11.1. The van der Waals surface area contributed by atoms with Gasteiger partial charge >= 0.3 is 6.03 Å². The summed E-state index contributed by atoms with van der Waals surface area (Å²) in [6.07, 6.45) is 1.36. The minimum atomic E-state index is -0.823. The van der Waals surface area contributed by atoms with Gasteiger partial charge in [0.2, 0.25) is 0 Å². The van der Waals surface area contributed by atoms with Gasteiger partial charge in [0.05, 0.1) is 12.8 Å². The van der Waals surface area contributed by atoms with Crippen molar-refractivity contribution >= 4 is 57.1 Å². The van der Waals surface area contributed by atoms with Gasteiger partial charge in [-0.1, -0.05) is 52.3 Å². The van der Waals surface area contributed by atoms with E-state index in [0.29, 0.717) is 27.0 Å². The van der Waals surface area contributed by atoms with Crippen LogP contribution in [0.2, 0.25) is 0 Å². The zero-order valence-electron chi connectivity index (χ0n) is 19.9. The van der Waals surface area contributed by atoms with Crippen LogP contribution in [0.5, 0.6) is 11.5 Å². The molecule has 0 aromatic heterocycles. The number of carbonyl (C=O) groups excluding carboxylic acids is 4. The summed E-state index contributed by atoms with van der Waals surface area (Å²) in [5.41, 5.74) is 1.90. The molecule has 0 aliphatic carbocycles. The highest BCUT2D eigenvalue weighted by Gasteiger charge is 2.37. The number of amides is 5. The number of rotatable bonds is 7. The van der Waals surface area contributed by atoms with Crippen LogP contribution in [0.3, 0.4) is 0 Å². The number of nitrogens with zero attached hydrogens (tertiary/aromatic N) is 1. The van der Waals surface area contributed by atoms with Gasteiger partial charge in [0.25, 0.3) is 17.7 Å². The first-order chi connectivity index (χ1) is 17.8. The molecule has 0 spiro atoms. The molecule has 10 heteroatoms. The highest BCUT2D eigenvalue weighted by atomic mass is 79.9. The molecule has 0 atom stereocenters. The molecule has 1 aliphatic rings. The van der Waals surface area contributed by atoms with Gasteiger partial charge in [-0.25, -0.2) is 9.69 Å². The molecule has 0 unspecified atom stereocenters. The molecule has 0 saturated carbocycles. The lowest BCUT2D eigenvalue weighted by Crippen LogP contribution is -2.54. The van der Waals surface area contributed by atoms with E-state index in [4.69, 9.17) is 9.47 Å². The van der Waals surface area contributed by atoms with E-state index in [0.717, 1.165) is 4.90 Å². The number of barbiturate groups is 1. The lowest BCUT2D eigenvalue weighted by atomic mass is 10.1. The Morgan fingerprint density at radius 2 is 1.73 bits per heavy atom. The van der Waals surface area contributed by atoms with E-state index < -0.39 is 17.8 Å². The largest absolute Gasteiger partial charge is 0.493 e. The number of halogens is 1. The zero-order chi connectivity index (χ0) is 26.5. The summed E-state index contributed by atoms with van der Waals surface area (Å²) >= 11 is 3.42. The van der Waals surface area contributed by atoms with Crippen LogP contribution in [0.4, 0.5) is 16.2 Å². The number of anilines is 2. The summed E-state index contributed by atoms with van der Waals surface area (Å²) in [7, 11) is 1.42. The predicted molar refractivity (Wildman–Crippen MR) is 141 cm³/mol. The molecular weight excluding hydrogens is 542 g/mol. The van der Waals surface area contributed by atoms with Crippen molar-refractivity contribution < 1.29 is 28.7 Å². The van der Waals surface area contributed by atoms with Crippen molar-refractivity contribution in [2.24, 2.45) is 0 Å². The second-order valence-corrected chi connectivity index (χ2v) is 8.83. The van der Waals surface area contributed by atoms with Crippen molar-refractivity contribution in [1.29, 1.82) is 0 Å². The summed E-state index contributed by atoms with van der Waals surface area (Å²) in [5, 5.41) is 4.94. The molecule has 0 bridgehead atoms. The number of nitrogens with one attached hydrogen (secondary N) is 2. The summed E-state index contributed by atoms with van der Waals surface area (Å²) in [5.74, 6) is -1.38. The third-order valence-electron chi connectivity index (χ3n) is 5.46.